The Morgan fingerprint density at radius 2 is 0.712 bits per heavy atom. The van der Waals surface area contributed by atoms with Crippen LogP contribution in [0, 0.1) is 0 Å². The number of amides is 4. The predicted octanol–water partition coefficient (Wildman–Crippen LogP) is 13.8. The molecule has 15 heteroatoms. The molecule has 408 valence electrons. The molecule has 4 amide bonds. The van der Waals surface area contributed by atoms with Gasteiger partial charge in [-0.05, 0) is 116 Å². The van der Waals surface area contributed by atoms with Crippen molar-refractivity contribution in [2.75, 3.05) is 10.6 Å². The average Bonchev–Trinajstić information content (AvgIpc) is 3.63. The normalized spacial score (nSPS) is 12.4. The van der Waals surface area contributed by atoms with E-state index in [0.29, 0.717) is 42.1 Å². The highest BCUT2D eigenvalue weighted by molar-refractivity contribution is 6.03. The summed E-state index contributed by atoms with van der Waals surface area (Å²) in [5.74, 6) is -3.11. The minimum absolute atomic E-state index is 0.0239. The molecule has 1 aliphatic rings. The molecular weight excluding hydrogens is 931 g/mol. The number of carbonyl (C=O) groups excluding carboxylic acids is 7. The Bertz CT molecular complexity index is 1950. The second-order valence-electron chi connectivity index (χ2n) is 21.2. The van der Waals surface area contributed by atoms with Crippen molar-refractivity contribution in [1.82, 2.24) is 5.06 Å². The number of hydrogen-bond donors (Lipinski definition) is 3. The van der Waals surface area contributed by atoms with Gasteiger partial charge < -0.3 is 30.1 Å². The molecular formula is C58H89N3O12. The fraction of sp³-hybridized carbons (Fsp3) is 0.655. The van der Waals surface area contributed by atoms with Gasteiger partial charge in [-0.15, -0.1) is 5.06 Å². The number of carboxylic acids is 1. The van der Waals surface area contributed by atoms with Gasteiger partial charge in [-0.25, -0.2) is 9.59 Å². The van der Waals surface area contributed by atoms with Crippen molar-refractivity contribution in [3.8, 4) is 0 Å². The van der Waals surface area contributed by atoms with Gasteiger partial charge in [0.05, 0.1) is 11.1 Å². The van der Waals surface area contributed by atoms with Crippen LogP contribution in [0.3, 0.4) is 0 Å². The number of rotatable bonds is 35. The van der Waals surface area contributed by atoms with Crippen molar-refractivity contribution in [1.29, 1.82) is 0 Å². The van der Waals surface area contributed by atoms with Gasteiger partial charge in [0, 0.05) is 49.9 Å². The Hall–Kier alpha value is -5.60. The first kappa shape index (κ1) is 63.5. The molecule has 0 saturated carbocycles. The molecule has 1 fully saturated rings. The van der Waals surface area contributed by atoms with Crippen LogP contribution >= 0.6 is 0 Å². The summed E-state index contributed by atoms with van der Waals surface area (Å²) in [6.07, 6.45) is 29.4. The second kappa shape index (κ2) is 36.3. The molecule has 2 aromatic rings. The molecule has 0 radical (unpaired) electrons. The summed E-state index contributed by atoms with van der Waals surface area (Å²) in [6.45, 7) is 11.4. The Kier molecular flexibility index (Phi) is 31.6. The molecule has 1 saturated heterocycles. The third kappa shape index (κ3) is 33.0. The van der Waals surface area contributed by atoms with Crippen LogP contribution in [0.25, 0.3) is 0 Å². The highest BCUT2D eigenvalue weighted by Crippen LogP contribution is 2.20. The lowest BCUT2D eigenvalue weighted by molar-refractivity contribution is -0.172. The molecule has 0 bridgehead atoms. The van der Waals surface area contributed by atoms with E-state index in [1.165, 1.54) is 114 Å². The molecule has 1 heterocycles. The van der Waals surface area contributed by atoms with E-state index in [1.54, 1.807) is 24.3 Å². The van der Waals surface area contributed by atoms with Crippen LogP contribution in [-0.2, 0) is 43.1 Å². The number of ether oxygens (including phenoxy) is 2. The van der Waals surface area contributed by atoms with Crippen LogP contribution in [-0.4, -0.2) is 68.9 Å². The molecule has 2 aromatic carbocycles. The van der Waals surface area contributed by atoms with E-state index in [9.17, 15) is 38.4 Å². The number of benzene rings is 2. The smallest absolute Gasteiger partial charge is 0.363 e. The van der Waals surface area contributed by atoms with Gasteiger partial charge in [0.2, 0.25) is 11.8 Å². The lowest BCUT2D eigenvalue weighted by Gasteiger charge is -2.19. The zero-order valence-electron chi connectivity index (χ0n) is 45.2. The topological polar surface area (TPSA) is 212 Å². The van der Waals surface area contributed by atoms with Gasteiger partial charge in [-0.2, -0.15) is 0 Å². The predicted molar refractivity (Wildman–Crippen MR) is 285 cm³/mol. The van der Waals surface area contributed by atoms with Crippen molar-refractivity contribution in [3.63, 3.8) is 0 Å². The lowest BCUT2D eigenvalue weighted by atomic mass is 10.0. The number of nitrogens with zero attached hydrogens (tertiary/aromatic N) is 1. The maximum absolute atomic E-state index is 12.2. The fourth-order valence-electron chi connectivity index (χ4n) is 8.06. The number of nitrogens with one attached hydrogen (secondary N) is 2. The van der Waals surface area contributed by atoms with E-state index in [-0.39, 0.29) is 53.3 Å². The Morgan fingerprint density at radius 3 is 1.00 bits per heavy atom. The summed E-state index contributed by atoms with van der Waals surface area (Å²) in [5.41, 5.74) is 0.811. The van der Waals surface area contributed by atoms with Crippen LogP contribution in [0.4, 0.5) is 11.4 Å². The van der Waals surface area contributed by atoms with Crippen LogP contribution in [0.5, 0.6) is 0 Å². The molecule has 0 aliphatic carbocycles. The van der Waals surface area contributed by atoms with E-state index in [2.05, 4.69) is 10.6 Å². The zero-order chi connectivity index (χ0) is 53.9. The van der Waals surface area contributed by atoms with E-state index in [0.717, 1.165) is 64.2 Å². The third-order valence-corrected chi connectivity index (χ3v) is 11.9. The van der Waals surface area contributed by atoms with E-state index in [1.807, 2.05) is 41.5 Å². The van der Waals surface area contributed by atoms with E-state index < -0.39 is 29.4 Å². The molecule has 0 aromatic heterocycles. The van der Waals surface area contributed by atoms with E-state index in [4.69, 9.17) is 19.4 Å². The van der Waals surface area contributed by atoms with E-state index >= 15 is 0 Å². The number of hydrogen-bond acceptors (Lipinski definition) is 11. The number of imide groups is 1. The fourth-order valence-corrected chi connectivity index (χ4v) is 8.06. The number of carboxylic acid groups (broad SMARTS) is 1. The Balaban J connectivity index is 0.000000510. The first-order valence-electron chi connectivity index (χ1n) is 27.3. The maximum Gasteiger partial charge on any atom is 0.363 e. The molecule has 73 heavy (non-hydrogen) atoms. The highest BCUT2D eigenvalue weighted by atomic mass is 16.7. The largest absolute Gasteiger partial charge is 0.478 e. The molecule has 3 N–H and O–H groups in total. The number of unbranched alkanes of at least 4 members (excludes halogenated alkanes) is 22. The minimum atomic E-state index is -0.972. The molecule has 0 atom stereocenters. The van der Waals surface area contributed by atoms with Crippen molar-refractivity contribution in [2.45, 2.75) is 245 Å². The zero-order valence-corrected chi connectivity index (χ0v) is 45.2. The summed E-state index contributed by atoms with van der Waals surface area (Å²) < 4.78 is 10.6. The number of esters is 2. The summed E-state index contributed by atoms with van der Waals surface area (Å²) in [7, 11) is 0. The molecule has 0 spiro atoms. The first-order chi connectivity index (χ1) is 34.7. The van der Waals surface area contributed by atoms with Gasteiger partial charge in [-0.1, -0.05) is 128 Å². The number of anilines is 2. The minimum Gasteiger partial charge on any atom is -0.478 e. The Labute approximate surface area is 436 Å². The van der Waals surface area contributed by atoms with Crippen LogP contribution in [0.15, 0.2) is 48.5 Å². The van der Waals surface area contributed by atoms with Gasteiger partial charge >= 0.3 is 23.9 Å². The van der Waals surface area contributed by atoms with Crippen LogP contribution in [0.1, 0.15) is 255 Å². The van der Waals surface area contributed by atoms with Crippen molar-refractivity contribution in [3.05, 3.63) is 59.7 Å². The summed E-state index contributed by atoms with van der Waals surface area (Å²) in [6, 6.07) is 12.4. The SMILES string of the molecule is CC(C)(C)OC(=O)CCCCCCCCCCCCCCC(=O)Nc1ccc(C(=O)O)cc1.CC(C)(C)OC(=O)CCCCCCCCCCCCCCC(=O)Nc1ccc(C(=O)ON2C(=O)CCC2=O)cc1. The highest BCUT2D eigenvalue weighted by Gasteiger charge is 2.33. The van der Waals surface area contributed by atoms with Gasteiger partial charge in [0.1, 0.15) is 11.2 Å². The standard InChI is InChI=1S/C31H46N2O7.C27H43NO5/c1-31(2,3)39-29(37)17-15-13-11-9-7-5-4-6-8-10-12-14-16-26(34)32-25-20-18-24(19-21-25)30(38)40-33-27(35)22-23-28(33)36;1-27(2,3)33-25(30)17-15-13-11-9-7-5-4-6-8-10-12-14-16-24(29)28-23-20-18-22(19-21-23)26(31)32/h18-21H,4-17,22-23H2,1-3H3,(H,32,34);18-21H,4-17H2,1-3H3,(H,28,29)(H,31,32). The molecule has 3 rings (SSSR count). The van der Waals surface area contributed by atoms with Crippen LogP contribution < -0.4 is 10.6 Å². The summed E-state index contributed by atoms with van der Waals surface area (Å²) in [5, 5.41) is 15.0. The second-order valence-corrected chi connectivity index (χ2v) is 21.2. The quantitative estimate of drug-likeness (QED) is 0.0334. The number of hydroxylamine groups is 2. The van der Waals surface area contributed by atoms with Crippen molar-refractivity contribution >= 4 is 58.9 Å². The van der Waals surface area contributed by atoms with Gasteiger partial charge in [0.25, 0.3) is 11.8 Å². The molecule has 1 aliphatic heterocycles. The lowest BCUT2D eigenvalue weighted by Crippen LogP contribution is -2.32. The van der Waals surface area contributed by atoms with Crippen LogP contribution in [0.2, 0.25) is 0 Å². The monoisotopic (exact) mass is 1020 g/mol. The summed E-state index contributed by atoms with van der Waals surface area (Å²) >= 11 is 0. The third-order valence-electron chi connectivity index (χ3n) is 11.9. The Morgan fingerprint density at radius 1 is 0.438 bits per heavy atom. The first-order valence-corrected chi connectivity index (χ1v) is 27.3. The van der Waals surface area contributed by atoms with Crippen molar-refractivity contribution < 1.29 is 57.8 Å². The average molecular weight is 1020 g/mol. The maximum atomic E-state index is 12.2. The number of aromatic carboxylic acids is 1. The number of carbonyl (C=O) groups is 8. The molecule has 15 nitrogen and oxygen atoms in total. The molecule has 0 unspecified atom stereocenters. The van der Waals surface area contributed by atoms with Gasteiger partial charge in [-0.3, -0.25) is 28.8 Å². The van der Waals surface area contributed by atoms with Gasteiger partial charge in [0.15, 0.2) is 0 Å². The van der Waals surface area contributed by atoms with Crippen molar-refractivity contribution in [2.24, 2.45) is 0 Å². The summed E-state index contributed by atoms with van der Waals surface area (Å²) in [4.78, 5) is 98.5.